The van der Waals surface area contributed by atoms with E-state index >= 15 is 0 Å². The van der Waals surface area contributed by atoms with Gasteiger partial charge in [0.05, 0.1) is 11.2 Å². The molecule has 0 fully saturated rings. The molecule has 214 valence electrons. The summed E-state index contributed by atoms with van der Waals surface area (Å²) in [6.45, 7) is 0. The summed E-state index contributed by atoms with van der Waals surface area (Å²) in [5.74, 6) is 0. The van der Waals surface area contributed by atoms with Gasteiger partial charge in [0.15, 0.2) is 0 Å². The molecule has 3 heterocycles. The average molecular weight is 604 g/mol. The molecule has 0 saturated carbocycles. The summed E-state index contributed by atoms with van der Waals surface area (Å²) >= 11 is 1.87. The molecule has 3 aromatic heterocycles. The van der Waals surface area contributed by atoms with Crippen LogP contribution in [0.25, 0.3) is 97.3 Å². The van der Waals surface area contributed by atoms with Gasteiger partial charge in [-0.05, 0) is 41.0 Å². The molecule has 10 rings (SSSR count). The second kappa shape index (κ2) is 9.87. The molecule has 2 nitrogen and oxygen atoms in total. The van der Waals surface area contributed by atoms with E-state index in [0.717, 1.165) is 49.5 Å². The van der Waals surface area contributed by atoms with Crippen molar-refractivity contribution in [1.29, 1.82) is 0 Å². The van der Waals surface area contributed by atoms with Crippen molar-refractivity contribution < 1.29 is 4.42 Å². The van der Waals surface area contributed by atoms with Crippen LogP contribution in [0.4, 0.5) is 0 Å². The highest BCUT2D eigenvalue weighted by Crippen LogP contribution is 2.46. The van der Waals surface area contributed by atoms with Gasteiger partial charge in [-0.2, -0.15) is 0 Å². The van der Waals surface area contributed by atoms with E-state index in [-0.39, 0.29) is 0 Å². The third kappa shape index (κ3) is 3.73. The van der Waals surface area contributed by atoms with E-state index in [1.54, 1.807) is 0 Å². The molecule has 0 unspecified atom stereocenters. The van der Waals surface area contributed by atoms with Crippen LogP contribution in [0.2, 0.25) is 0 Å². The first-order chi connectivity index (χ1) is 22.8. The predicted octanol–water partition coefficient (Wildman–Crippen LogP) is 12.7. The van der Waals surface area contributed by atoms with Gasteiger partial charge in [-0.15, -0.1) is 11.3 Å². The summed E-state index contributed by atoms with van der Waals surface area (Å²) in [5, 5.41) is 8.32. The van der Waals surface area contributed by atoms with Crippen molar-refractivity contribution in [2.45, 2.75) is 0 Å². The fourth-order valence-corrected chi connectivity index (χ4v) is 8.45. The number of hydrogen-bond donors (Lipinski definition) is 0. The fraction of sp³-hybridized carbons (Fsp3) is 0. The summed E-state index contributed by atoms with van der Waals surface area (Å²) in [6, 6.07) is 54.0. The summed E-state index contributed by atoms with van der Waals surface area (Å²) in [4.78, 5) is 5.31. The molecule has 0 aliphatic heterocycles. The minimum atomic E-state index is 0.874. The van der Waals surface area contributed by atoms with Gasteiger partial charge < -0.3 is 4.42 Å². The molecule has 0 amide bonds. The second-order valence-corrected chi connectivity index (χ2v) is 12.9. The number of fused-ring (bicyclic) bond motifs is 9. The van der Waals surface area contributed by atoms with Crippen molar-refractivity contribution in [2.24, 2.45) is 0 Å². The van der Waals surface area contributed by atoms with E-state index in [1.807, 2.05) is 17.4 Å². The predicted molar refractivity (Wildman–Crippen MR) is 196 cm³/mol. The highest BCUT2D eigenvalue weighted by Gasteiger charge is 2.21. The Morgan fingerprint density at radius 3 is 2.02 bits per heavy atom. The summed E-state index contributed by atoms with van der Waals surface area (Å²) in [5.41, 5.74) is 9.60. The summed E-state index contributed by atoms with van der Waals surface area (Å²) < 4.78 is 9.19. The van der Waals surface area contributed by atoms with Gasteiger partial charge in [-0.25, -0.2) is 4.98 Å². The zero-order chi connectivity index (χ0) is 30.2. The van der Waals surface area contributed by atoms with E-state index in [9.17, 15) is 0 Å². The van der Waals surface area contributed by atoms with Gasteiger partial charge in [-0.3, -0.25) is 0 Å². The molecular weight excluding hydrogens is 579 g/mol. The van der Waals surface area contributed by atoms with E-state index in [1.165, 1.54) is 47.8 Å². The van der Waals surface area contributed by atoms with Gasteiger partial charge in [0.25, 0.3) is 0 Å². The van der Waals surface area contributed by atoms with Crippen molar-refractivity contribution in [3.05, 3.63) is 152 Å². The summed E-state index contributed by atoms with van der Waals surface area (Å²) in [7, 11) is 0. The lowest BCUT2D eigenvalue weighted by atomic mass is 9.89. The standard InChI is InChI=1S/C43H25NOS/c1-2-11-27(12-3-1)39-40-32-14-4-7-18-35(32)44-42(34(40)25-37-41(39)33-15-5-8-19-36(33)45-37)28-23-21-26(22-24-28)29-16-10-17-31-30-13-6-9-20-38(30)46-43(29)31/h1-25H. The Morgan fingerprint density at radius 2 is 1.15 bits per heavy atom. The highest BCUT2D eigenvalue weighted by molar-refractivity contribution is 7.26. The lowest BCUT2D eigenvalue weighted by Crippen LogP contribution is -1.93. The zero-order valence-corrected chi connectivity index (χ0v) is 25.5. The Hall–Kier alpha value is -5.77. The molecule has 7 aromatic carbocycles. The van der Waals surface area contributed by atoms with Crippen LogP contribution in [0.5, 0.6) is 0 Å². The normalized spacial score (nSPS) is 11.9. The Bertz CT molecular complexity index is 2790. The first kappa shape index (κ1) is 25.5. The molecule has 0 aliphatic carbocycles. The van der Waals surface area contributed by atoms with Crippen molar-refractivity contribution in [1.82, 2.24) is 4.98 Å². The van der Waals surface area contributed by atoms with Crippen LogP contribution in [-0.2, 0) is 0 Å². The molecule has 0 atom stereocenters. The molecular formula is C43H25NOS. The van der Waals surface area contributed by atoms with Crippen LogP contribution in [0.1, 0.15) is 0 Å². The number of thiophene rings is 1. The van der Waals surface area contributed by atoms with Crippen LogP contribution < -0.4 is 0 Å². The molecule has 0 radical (unpaired) electrons. The van der Waals surface area contributed by atoms with Gasteiger partial charge in [0, 0.05) is 58.2 Å². The van der Waals surface area contributed by atoms with E-state index in [4.69, 9.17) is 9.40 Å². The number of hydrogen-bond acceptors (Lipinski definition) is 3. The van der Waals surface area contributed by atoms with Crippen molar-refractivity contribution in [3.8, 4) is 33.5 Å². The van der Waals surface area contributed by atoms with Crippen LogP contribution in [-0.4, -0.2) is 4.98 Å². The number of pyridine rings is 1. The monoisotopic (exact) mass is 603 g/mol. The largest absolute Gasteiger partial charge is 0.456 e. The number of furan rings is 1. The van der Waals surface area contributed by atoms with Crippen LogP contribution in [0.3, 0.4) is 0 Å². The fourth-order valence-electron chi connectivity index (χ4n) is 7.21. The van der Waals surface area contributed by atoms with E-state index in [0.29, 0.717) is 0 Å². The van der Waals surface area contributed by atoms with E-state index in [2.05, 4.69) is 146 Å². The smallest absolute Gasteiger partial charge is 0.136 e. The van der Waals surface area contributed by atoms with Gasteiger partial charge >= 0.3 is 0 Å². The number of nitrogens with zero attached hydrogens (tertiary/aromatic N) is 1. The summed E-state index contributed by atoms with van der Waals surface area (Å²) in [6.07, 6.45) is 0. The Balaban J connectivity index is 1.25. The molecule has 0 saturated heterocycles. The lowest BCUT2D eigenvalue weighted by molar-refractivity contribution is 0.669. The third-order valence-corrected chi connectivity index (χ3v) is 10.5. The molecule has 0 spiro atoms. The highest BCUT2D eigenvalue weighted by atomic mass is 32.1. The molecule has 0 bridgehead atoms. The van der Waals surface area contributed by atoms with Crippen molar-refractivity contribution >= 4 is 75.1 Å². The zero-order valence-electron chi connectivity index (χ0n) is 24.7. The molecule has 46 heavy (non-hydrogen) atoms. The minimum absolute atomic E-state index is 0.874. The third-order valence-electron chi connectivity index (χ3n) is 9.26. The lowest BCUT2D eigenvalue weighted by Gasteiger charge is -2.16. The van der Waals surface area contributed by atoms with Gasteiger partial charge in [-0.1, -0.05) is 127 Å². The maximum atomic E-state index is 6.54. The molecule has 0 N–H and O–H groups in total. The first-order valence-electron chi connectivity index (χ1n) is 15.5. The van der Waals surface area contributed by atoms with Crippen LogP contribution in [0, 0.1) is 0 Å². The number of aromatic nitrogens is 1. The quantitative estimate of drug-likeness (QED) is 0.188. The maximum absolute atomic E-state index is 6.54. The maximum Gasteiger partial charge on any atom is 0.136 e. The second-order valence-electron chi connectivity index (χ2n) is 11.8. The Morgan fingerprint density at radius 1 is 0.457 bits per heavy atom. The van der Waals surface area contributed by atoms with Gasteiger partial charge in [0.1, 0.15) is 11.2 Å². The Labute approximate surface area is 268 Å². The van der Waals surface area contributed by atoms with Crippen molar-refractivity contribution in [2.75, 3.05) is 0 Å². The Kier molecular flexibility index (Phi) is 5.48. The van der Waals surface area contributed by atoms with Gasteiger partial charge in [0.2, 0.25) is 0 Å². The van der Waals surface area contributed by atoms with Crippen molar-refractivity contribution in [3.63, 3.8) is 0 Å². The van der Waals surface area contributed by atoms with E-state index < -0.39 is 0 Å². The molecule has 10 aromatic rings. The number of para-hydroxylation sites is 2. The van der Waals surface area contributed by atoms with Crippen LogP contribution in [0.15, 0.2) is 156 Å². The number of benzene rings is 7. The topological polar surface area (TPSA) is 26.0 Å². The average Bonchev–Trinajstić information content (AvgIpc) is 3.69. The first-order valence-corrected chi connectivity index (χ1v) is 16.4. The minimum Gasteiger partial charge on any atom is -0.456 e. The molecule has 3 heteroatoms. The number of rotatable bonds is 3. The molecule has 0 aliphatic rings. The SMILES string of the molecule is c1ccc(-c2c3c(cc4c(-c5ccc(-c6cccc7c6sc6ccccc67)cc5)nc5ccccc5c24)oc2ccccc23)cc1. The van der Waals surface area contributed by atoms with Crippen LogP contribution >= 0.6 is 11.3 Å².